The van der Waals surface area contributed by atoms with E-state index >= 15 is 0 Å². The molecule has 296 valence electrons. The number of ether oxygens (including phenoxy) is 1. The number of nitrogens with one attached hydrogen (secondary N) is 4. The summed E-state index contributed by atoms with van der Waals surface area (Å²) < 4.78 is 5.98. The average Bonchev–Trinajstić information content (AvgIpc) is 4.06. The number of aliphatic hydroxyl groups is 1. The number of aliphatic hydroxyl groups excluding tert-OH is 1. The second-order valence-corrected chi connectivity index (χ2v) is 14.6. The van der Waals surface area contributed by atoms with E-state index in [0.29, 0.717) is 33.0 Å². The third kappa shape index (κ3) is 10.2. The number of Topliss-reactive ketones (excluding diaryl/α,β-unsaturated/α-hetero) is 1. The van der Waals surface area contributed by atoms with Crippen LogP contribution in [-0.4, -0.2) is 91.3 Å². The van der Waals surface area contributed by atoms with Crippen molar-refractivity contribution >= 4 is 46.9 Å². The summed E-state index contributed by atoms with van der Waals surface area (Å²) in [4.78, 5) is 80.4. The number of carbonyl (C=O) groups excluding carboxylic acids is 6. The molecule has 5 amide bonds. The predicted molar refractivity (Wildman–Crippen MR) is 214 cm³/mol. The highest BCUT2D eigenvalue weighted by molar-refractivity contribution is 6.30. The zero-order chi connectivity index (χ0) is 40.6. The third-order valence-corrected chi connectivity index (χ3v) is 10.1. The van der Waals surface area contributed by atoms with E-state index in [1.54, 1.807) is 54.6 Å². The maximum atomic E-state index is 14.1. The Labute approximate surface area is 335 Å². The minimum atomic E-state index is -1.24. The Morgan fingerprint density at radius 1 is 0.877 bits per heavy atom. The molecule has 4 aromatic rings. The van der Waals surface area contributed by atoms with Crippen LogP contribution in [0.3, 0.4) is 0 Å². The van der Waals surface area contributed by atoms with E-state index in [2.05, 4.69) is 21.3 Å². The van der Waals surface area contributed by atoms with Crippen LogP contribution in [0.2, 0.25) is 5.02 Å². The van der Waals surface area contributed by atoms with Crippen molar-refractivity contribution in [3.8, 4) is 28.0 Å². The van der Waals surface area contributed by atoms with Gasteiger partial charge in [-0.05, 0) is 102 Å². The number of carbonyl (C=O) groups is 6. The lowest BCUT2D eigenvalue weighted by Gasteiger charge is -2.29. The number of rotatable bonds is 12. The summed E-state index contributed by atoms with van der Waals surface area (Å²) in [7, 11) is 1.45. The molecule has 1 fully saturated rings. The van der Waals surface area contributed by atoms with Gasteiger partial charge < -0.3 is 36.0 Å². The number of hydrogen-bond acceptors (Lipinski definition) is 8. The molecule has 0 saturated heterocycles. The molecule has 0 radical (unpaired) electrons. The maximum Gasteiger partial charge on any atom is 0.251 e. The Morgan fingerprint density at radius 2 is 1.58 bits per heavy atom. The number of fused-ring (bicyclic) bond motifs is 5. The van der Waals surface area contributed by atoms with Gasteiger partial charge in [0.2, 0.25) is 23.6 Å². The van der Waals surface area contributed by atoms with Crippen LogP contribution in [0.15, 0.2) is 84.9 Å². The van der Waals surface area contributed by atoms with Gasteiger partial charge in [-0.25, -0.2) is 0 Å². The summed E-state index contributed by atoms with van der Waals surface area (Å²) in [5.74, 6) is -2.55. The Morgan fingerprint density at radius 3 is 2.25 bits per heavy atom. The number of ketones is 1. The quantitative estimate of drug-likeness (QED) is 0.144. The molecule has 2 aliphatic rings. The predicted octanol–water partition coefficient (Wildman–Crippen LogP) is 3.71. The topological polar surface area (TPSA) is 183 Å². The number of benzene rings is 4. The first-order valence-corrected chi connectivity index (χ1v) is 19.0. The molecule has 1 heterocycles. The first-order valence-electron chi connectivity index (χ1n) is 18.7. The van der Waals surface area contributed by atoms with Gasteiger partial charge in [0.25, 0.3) is 5.91 Å². The number of likely N-dealkylation sites (N-methyl/N-ethyl adjacent to an activating group) is 1. The van der Waals surface area contributed by atoms with Crippen molar-refractivity contribution < 1.29 is 38.6 Å². The molecule has 1 aliphatic carbocycles. The van der Waals surface area contributed by atoms with Crippen molar-refractivity contribution in [3.63, 3.8) is 0 Å². The molecule has 4 aromatic carbocycles. The van der Waals surface area contributed by atoms with Gasteiger partial charge in [-0.15, -0.1) is 0 Å². The van der Waals surface area contributed by atoms with Crippen LogP contribution in [0.5, 0.6) is 5.75 Å². The molecule has 1 aliphatic heterocycles. The van der Waals surface area contributed by atoms with Gasteiger partial charge >= 0.3 is 0 Å². The molecule has 2 unspecified atom stereocenters. The second-order valence-electron chi connectivity index (χ2n) is 14.2. The number of halogens is 1. The fourth-order valence-electron chi connectivity index (χ4n) is 6.75. The van der Waals surface area contributed by atoms with Crippen LogP contribution in [-0.2, 0) is 30.4 Å². The van der Waals surface area contributed by atoms with Gasteiger partial charge in [-0.2, -0.15) is 0 Å². The fourth-order valence-corrected chi connectivity index (χ4v) is 6.87. The molecule has 6 rings (SSSR count). The lowest BCUT2D eigenvalue weighted by atomic mass is 9.89. The van der Waals surface area contributed by atoms with Crippen LogP contribution in [0.4, 0.5) is 0 Å². The highest BCUT2D eigenvalue weighted by Crippen LogP contribution is 2.47. The molecule has 0 spiro atoms. The molecule has 4 bridgehead atoms. The van der Waals surface area contributed by atoms with Gasteiger partial charge in [0, 0.05) is 29.6 Å². The van der Waals surface area contributed by atoms with Crippen molar-refractivity contribution in [1.82, 2.24) is 26.2 Å². The summed E-state index contributed by atoms with van der Waals surface area (Å²) in [5.41, 5.74) is 5.65. The molecule has 0 aromatic heterocycles. The first-order chi connectivity index (χ1) is 27.4. The van der Waals surface area contributed by atoms with Gasteiger partial charge in [0.1, 0.15) is 30.2 Å². The van der Waals surface area contributed by atoms with Crippen molar-refractivity contribution in [2.75, 3.05) is 39.9 Å². The molecular weight excluding hydrogens is 750 g/mol. The molecule has 5 N–H and O–H groups in total. The smallest absolute Gasteiger partial charge is 0.251 e. The third-order valence-electron chi connectivity index (χ3n) is 9.87. The van der Waals surface area contributed by atoms with E-state index in [1.165, 1.54) is 18.9 Å². The first kappa shape index (κ1) is 40.6. The summed E-state index contributed by atoms with van der Waals surface area (Å²) in [6, 6.07) is 22.7. The Kier molecular flexibility index (Phi) is 13.0. The summed E-state index contributed by atoms with van der Waals surface area (Å²) in [6.45, 7) is -0.0532. The van der Waals surface area contributed by atoms with Crippen LogP contribution in [0, 0.1) is 0 Å². The number of amides is 5. The monoisotopic (exact) mass is 793 g/mol. The molecule has 14 heteroatoms. The van der Waals surface area contributed by atoms with Gasteiger partial charge in [0.05, 0.1) is 26.2 Å². The van der Waals surface area contributed by atoms with Crippen LogP contribution >= 0.6 is 11.6 Å². The summed E-state index contributed by atoms with van der Waals surface area (Å²) in [6.07, 6.45) is 1.97. The van der Waals surface area contributed by atoms with E-state index < -0.39 is 54.7 Å². The molecule has 1 saturated carbocycles. The maximum absolute atomic E-state index is 14.1. The molecule has 13 nitrogen and oxygen atoms in total. The van der Waals surface area contributed by atoms with E-state index in [1.807, 2.05) is 30.3 Å². The number of hydrogen-bond donors (Lipinski definition) is 5. The minimum Gasteiger partial charge on any atom is -0.491 e. The van der Waals surface area contributed by atoms with E-state index in [0.717, 1.165) is 35.1 Å². The van der Waals surface area contributed by atoms with E-state index in [9.17, 15) is 33.9 Å². The van der Waals surface area contributed by atoms with Gasteiger partial charge in [-0.1, -0.05) is 54.1 Å². The SMILES string of the molecule is CC(=O)CNC(=O)C1Cc2ccc(OCCO)c(c2)-c2cc(ccc2C2CC2)C(N(C)C(=O)CNC(=O)c2ccc(-c3ccc(Cl)cc3)cc2)C(=O)NCC(=O)N1. The van der Waals surface area contributed by atoms with Crippen LogP contribution < -0.4 is 26.0 Å². The minimum absolute atomic E-state index is 0.0113. The summed E-state index contributed by atoms with van der Waals surface area (Å²) in [5, 5.41) is 20.7. The van der Waals surface area contributed by atoms with Gasteiger partial charge in [-0.3, -0.25) is 28.8 Å². The lowest BCUT2D eigenvalue weighted by molar-refractivity contribution is -0.139. The van der Waals surface area contributed by atoms with Gasteiger partial charge in [0.15, 0.2) is 0 Å². The van der Waals surface area contributed by atoms with Crippen LogP contribution in [0.1, 0.15) is 58.8 Å². The Balaban J connectivity index is 1.30. The molecule has 57 heavy (non-hydrogen) atoms. The van der Waals surface area contributed by atoms with Crippen molar-refractivity contribution in [2.24, 2.45) is 0 Å². The van der Waals surface area contributed by atoms with Crippen molar-refractivity contribution in [3.05, 3.63) is 112 Å². The largest absolute Gasteiger partial charge is 0.491 e. The van der Waals surface area contributed by atoms with Crippen LogP contribution in [0.25, 0.3) is 22.3 Å². The second kappa shape index (κ2) is 18.3. The molecule has 2 atom stereocenters. The standard InChI is InChI=1S/C43H44ClN5O8/c1-25(51)22-45-42(55)36-20-26-3-16-37(57-18-17-50)35(19-26)34-21-31(12-15-33(34)29-6-7-29)40(43(56)46-23-38(52)48-36)49(2)39(53)24-47-41(54)30-8-4-27(5-9-30)28-10-13-32(44)14-11-28/h3-5,8-16,19,21,29,36,40,50H,6-7,17-18,20,22-24H2,1-2H3,(H,45,55)(H,46,56)(H,47,54)(H,48,52). The van der Waals surface area contributed by atoms with E-state index in [4.69, 9.17) is 16.3 Å². The van der Waals surface area contributed by atoms with Crippen molar-refractivity contribution in [1.29, 1.82) is 0 Å². The highest BCUT2D eigenvalue weighted by atomic mass is 35.5. The highest BCUT2D eigenvalue weighted by Gasteiger charge is 2.33. The summed E-state index contributed by atoms with van der Waals surface area (Å²) >= 11 is 6.01. The Bertz CT molecular complexity index is 2170. The Hall–Kier alpha value is -6.05. The lowest BCUT2D eigenvalue weighted by Crippen LogP contribution is -2.52. The normalized spacial score (nSPS) is 16.6. The number of nitrogens with zero attached hydrogens (tertiary/aromatic N) is 1. The fraction of sp³-hybridized carbons (Fsp3) is 0.302. The van der Waals surface area contributed by atoms with E-state index in [-0.39, 0.29) is 37.9 Å². The average molecular weight is 794 g/mol. The molecular formula is C43H44ClN5O8. The van der Waals surface area contributed by atoms with Crippen molar-refractivity contribution in [2.45, 2.75) is 44.2 Å². The zero-order valence-electron chi connectivity index (χ0n) is 31.6. The zero-order valence-corrected chi connectivity index (χ0v) is 32.4.